The summed E-state index contributed by atoms with van der Waals surface area (Å²) in [7, 11) is 1.73. The van der Waals surface area contributed by atoms with Crippen LogP contribution >= 0.6 is 0 Å². The molecule has 0 spiro atoms. The topological polar surface area (TPSA) is 62.3 Å². The van der Waals surface area contributed by atoms with Gasteiger partial charge in [0.05, 0.1) is 12.1 Å². The van der Waals surface area contributed by atoms with Crippen molar-refractivity contribution in [1.29, 1.82) is 5.41 Å². The van der Waals surface area contributed by atoms with Crippen LogP contribution in [0.3, 0.4) is 0 Å². The molecule has 2 atom stereocenters. The van der Waals surface area contributed by atoms with Crippen LogP contribution in [0, 0.1) is 5.41 Å². The molecule has 0 aromatic heterocycles. The second kappa shape index (κ2) is 3.87. The maximum Gasteiger partial charge on any atom is 0.108 e. The van der Waals surface area contributed by atoms with Crippen molar-refractivity contribution in [3.05, 3.63) is 0 Å². The maximum absolute atomic E-state index is 7.28. The minimum Gasteiger partial charge on any atom is -0.386 e. The molecule has 0 aromatic rings. The molecule has 1 aliphatic rings. The highest BCUT2D eigenvalue weighted by molar-refractivity contribution is 5.82. The van der Waals surface area contributed by atoms with E-state index in [1.165, 1.54) is 0 Å². The van der Waals surface area contributed by atoms with Crippen LogP contribution in [0.4, 0.5) is 0 Å². The largest absolute Gasteiger partial charge is 0.386 e. The van der Waals surface area contributed by atoms with E-state index in [-0.39, 0.29) is 11.9 Å². The van der Waals surface area contributed by atoms with Crippen LogP contribution < -0.4 is 5.73 Å². The summed E-state index contributed by atoms with van der Waals surface area (Å²) in [6.45, 7) is 3.84. The van der Waals surface area contributed by atoms with Gasteiger partial charge in [0.15, 0.2) is 0 Å². The molecule has 1 saturated heterocycles. The van der Waals surface area contributed by atoms with E-state index in [2.05, 4.69) is 4.90 Å². The number of nitrogens with one attached hydrogen (secondary N) is 1. The lowest BCUT2D eigenvalue weighted by atomic mass is 10.3. The Morgan fingerprint density at radius 2 is 2.42 bits per heavy atom. The van der Waals surface area contributed by atoms with Crippen molar-refractivity contribution in [3.8, 4) is 0 Å². The van der Waals surface area contributed by atoms with Crippen LogP contribution in [-0.4, -0.2) is 43.1 Å². The van der Waals surface area contributed by atoms with Crippen LogP contribution in [-0.2, 0) is 4.74 Å². The van der Waals surface area contributed by atoms with Gasteiger partial charge in [-0.1, -0.05) is 0 Å². The molecular formula is C8H17N3O. The fraction of sp³-hybridized carbons (Fsp3) is 0.875. The molecule has 0 aliphatic carbocycles. The van der Waals surface area contributed by atoms with Gasteiger partial charge in [0.2, 0.25) is 0 Å². The predicted molar refractivity (Wildman–Crippen MR) is 48.4 cm³/mol. The Bertz CT molecular complexity index is 172. The van der Waals surface area contributed by atoms with Gasteiger partial charge >= 0.3 is 0 Å². The minimum atomic E-state index is 0.0603. The van der Waals surface area contributed by atoms with E-state index < -0.39 is 0 Å². The Kier molecular flexibility index (Phi) is 3.05. The highest BCUT2D eigenvalue weighted by Gasteiger charge is 2.26. The highest BCUT2D eigenvalue weighted by Crippen LogP contribution is 2.14. The number of methoxy groups -OCH3 is 1. The molecule has 0 aromatic carbocycles. The summed E-state index contributed by atoms with van der Waals surface area (Å²) in [6, 6.07) is 0.0603. The Balaban J connectivity index is 2.41. The number of amidine groups is 1. The van der Waals surface area contributed by atoms with E-state index in [0.717, 1.165) is 19.5 Å². The molecule has 1 heterocycles. The second-order valence-corrected chi connectivity index (χ2v) is 3.27. The zero-order valence-electron chi connectivity index (χ0n) is 7.71. The number of hydrogen-bond donors (Lipinski definition) is 2. The van der Waals surface area contributed by atoms with Crippen LogP contribution in [0.2, 0.25) is 0 Å². The minimum absolute atomic E-state index is 0.0603. The monoisotopic (exact) mass is 171 g/mol. The molecule has 0 bridgehead atoms. The first kappa shape index (κ1) is 9.48. The zero-order valence-corrected chi connectivity index (χ0v) is 7.71. The lowest BCUT2D eigenvalue weighted by Gasteiger charge is -2.22. The van der Waals surface area contributed by atoms with Gasteiger partial charge in [0, 0.05) is 20.2 Å². The lowest BCUT2D eigenvalue weighted by molar-refractivity contribution is 0.106. The first-order valence-corrected chi connectivity index (χ1v) is 4.26. The van der Waals surface area contributed by atoms with Gasteiger partial charge in [-0.15, -0.1) is 0 Å². The quantitative estimate of drug-likeness (QED) is 0.465. The molecule has 4 heteroatoms. The molecule has 1 fully saturated rings. The molecule has 2 unspecified atom stereocenters. The average molecular weight is 171 g/mol. The molecular weight excluding hydrogens is 154 g/mol. The molecule has 0 saturated carbocycles. The Morgan fingerprint density at radius 1 is 1.75 bits per heavy atom. The SMILES string of the molecule is COC1CCN(C(C)C(=N)N)C1. The van der Waals surface area contributed by atoms with Gasteiger partial charge < -0.3 is 10.5 Å². The summed E-state index contributed by atoms with van der Waals surface area (Å²) in [5.74, 6) is 0.242. The van der Waals surface area contributed by atoms with Crippen molar-refractivity contribution in [2.75, 3.05) is 20.2 Å². The third kappa shape index (κ3) is 1.95. The molecule has 0 radical (unpaired) electrons. The summed E-state index contributed by atoms with van der Waals surface area (Å²) in [5.41, 5.74) is 5.40. The van der Waals surface area contributed by atoms with Crippen molar-refractivity contribution in [2.24, 2.45) is 5.73 Å². The molecule has 1 rings (SSSR count). The fourth-order valence-corrected chi connectivity index (χ4v) is 1.49. The third-order valence-corrected chi connectivity index (χ3v) is 2.51. The van der Waals surface area contributed by atoms with Crippen LogP contribution in [0.5, 0.6) is 0 Å². The van der Waals surface area contributed by atoms with Crippen LogP contribution in [0.15, 0.2) is 0 Å². The van der Waals surface area contributed by atoms with E-state index in [1.807, 2.05) is 6.92 Å². The van der Waals surface area contributed by atoms with E-state index in [1.54, 1.807) is 7.11 Å². The first-order chi connectivity index (χ1) is 5.65. The second-order valence-electron chi connectivity index (χ2n) is 3.27. The number of hydrogen-bond acceptors (Lipinski definition) is 3. The standard InChI is InChI=1S/C8H17N3O/c1-6(8(9)10)11-4-3-7(5-11)12-2/h6-7H,3-5H2,1-2H3,(H3,9,10). The number of rotatable bonds is 3. The van der Waals surface area contributed by atoms with Crippen molar-refractivity contribution in [3.63, 3.8) is 0 Å². The summed E-state index contributed by atoms with van der Waals surface area (Å²) >= 11 is 0. The number of ether oxygens (including phenoxy) is 1. The maximum atomic E-state index is 7.28. The average Bonchev–Trinajstić information content (AvgIpc) is 2.50. The van der Waals surface area contributed by atoms with Gasteiger partial charge in [-0.25, -0.2) is 0 Å². The van der Waals surface area contributed by atoms with E-state index >= 15 is 0 Å². The Morgan fingerprint density at radius 3 is 2.83 bits per heavy atom. The summed E-state index contributed by atoms with van der Waals surface area (Å²) < 4.78 is 5.22. The summed E-state index contributed by atoms with van der Waals surface area (Å²) in [6.07, 6.45) is 1.38. The van der Waals surface area contributed by atoms with Crippen molar-refractivity contribution < 1.29 is 4.74 Å². The number of nitrogens with two attached hydrogens (primary N) is 1. The summed E-state index contributed by atoms with van der Waals surface area (Å²) in [5, 5.41) is 7.28. The Labute approximate surface area is 73.2 Å². The zero-order chi connectivity index (χ0) is 9.14. The third-order valence-electron chi connectivity index (χ3n) is 2.51. The van der Waals surface area contributed by atoms with Crippen LogP contribution in [0.25, 0.3) is 0 Å². The first-order valence-electron chi connectivity index (χ1n) is 4.26. The van der Waals surface area contributed by atoms with Gasteiger partial charge in [0.1, 0.15) is 5.84 Å². The molecule has 4 nitrogen and oxygen atoms in total. The number of nitrogens with zero attached hydrogens (tertiary/aromatic N) is 1. The van der Waals surface area contributed by atoms with Gasteiger partial charge in [0.25, 0.3) is 0 Å². The molecule has 70 valence electrons. The van der Waals surface area contributed by atoms with Gasteiger partial charge in [-0.3, -0.25) is 10.3 Å². The fourth-order valence-electron chi connectivity index (χ4n) is 1.49. The lowest BCUT2D eigenvalue weighted by Crippen LogP contribution is -2.41. The van der Waals surface area contributed by atoms with Crippen LogP contribution in [0.1, 0.15) is 13.3 Å². The number of likely N-dealkylation sites (tertiary alicyclic amines) is 1. The molecule has 12 heavy (non-hydrogen) atoms. The van der Waals surface area contributed by atoms with Gasteiger partial charge in [-0.05, 0) is 13.3 Å². The molecule has 0 amide bonds. The van der Waals surface area contributed by atoms with E-state index in [9.17, 15) is 0 Å². The van der Waals surface area contributed by atoms with E-state index in [0.29, 0.717) is 6.10 Å². The van der Waals surface area contributed by atoms with Gasteiger partial charge in [-0.2, -0.15) is 0 Å². The molecule has 3 N–H and O–H groups in total. The smallest absolute Gasteiger partial charge is 0.108 e. The van der Waals surface area contributed by atoms with Crippen molar-refractivity contribution in [2.45, 2.75) is 25.5 Å². The van der Waals surface area contributed by atoms with Crippen molar-refractivity contribution >= 4 is 5.84 Å². The predicted octanol–water partition coefficient (Wildman–Crippen LogP) is 0.0316. The van der Waals surface area contributed by atoms with E-state index in [4.69, 9.17) is 15.9 Å². The Hall–Kier alpha value is -0.610. The highest BCUT2D eigenvalue weighted by atomic mass is 16.5. The summed E-state index contributed by atoms with van der Waals surface area (Å²) in [4.78, 5) is 2.18. The normalized spacial score (nSPS) is 27.3. The van der Waals surface area contributed by atoms with Crippen molar-refractivity contribution in [1.82, 2.24) is 4.90 Å². The molecule has 1 aliphatic heterocycles.